The SMILES string of the molecule is CCC(C)(NC(=O)OCC1c2ccccc2-c2ccccc21)C(=O)N1CCC(C(=O)O)C1. The Morgan fingerprint density at radius 2 is 1.69 bits per heavy atom. The van der Waals surface area contributed by atoms with Gasteiger partial charge in [0.1, 0.15) is 12.1 Å². The van der Waals surface area contributed by atoms with Gasteiger partial charge in [0.25, 0.3) is 0 Å². The largest absolute Gasteiger partial charge is 0.481 e. The smallest absolute Gasteiger partial charge is 0.408 e. The number of nitrogens with zero attached hydrogens (tertiary/aromatic N) is 1. The fourth-order valence-electron chi connectivity index (χ4n) is 4.65. The van der Waals surface area contributed by atoms with Gasteiger partial charge in [0.05, 0.1) is 5.92 Å². The van der Waals surface area contributed by atoms with E-state index in [0.29, 0.717) is 19.4 Å². The highest BCUT2D eigenvalue weighted by molar-refractivity contribution is 5.90. The van der Waals surface area contributed by atoms with Crippen LogP contribution in [0.3, 0.4) is 0 Å². The number of fused-ring (bicyclic) bond motifs is 3. The van der Waals surface area contributed by atoms with E-state index in [2.05, 4.69) is 17.4 Å². The zero-order valence-corrected chi connectivity index (χ0v) is 18.3. The Kier molecular flexibility index (Phi) is 5.91. The van der Waals surface area contributed by atoms with Crippen LogP contribution in [0.5, 0.6) is 0 Å². The van der Waals surface area contributed by atoms with Crippen molar-refractivity contribution < 1.29 is 24.2 Å². The summed E-state index contributed by atoms with van der Waals surface area (Å²) in [5.74, 6) is -1.80. The summed E-state index contributed by atoms with van der Waals surface area (Å²) in [5, 5.41) is 11.9. The molecule has 2 aromatic rings. The van der Waals surface area contributed by atoms with Crippen molar-refractivity contribution in [2.75, 3.05) is 19.7 Å². The van der Waals surface area contributed by atoms with Crippen molar-refractivity contribution in [1.82, 2.24) is 10.2 Å². The van der Waals surface area contributed by atoms with Crippen LogP contribution in [0.4, 0.5) is 4.79 Å². The van der Waals surface area contributed by atoms with E-state index in [9.17, 15) is 19.5 Å². The van der Waals surface area contributed by atoms with Crippen LogP contribution in [0.15, 0.2) is 48.5 Å². The minimum Gasteiger partial charge on any atom is -0.481 e. The number of nitrogens with one attached hydrogen (secondary N) is 1. The lowest BCUT2D eigenvalue weighted by Crippen LogP contribution is -2.57. The number of carbonyl (C=O) groups is 3. The van der Waals surface area contributed by atoms with E-state index in [4.69, 9.17) is 4.74 Å². The van der Waals surface area contributed by atoms with Gasteiger partial charge >= 0.3 is 12.1 Å². The topological polar surface area (TPSA) is 95.9 Å². The number of amides is 2. The molecule has 0 spiro atoms. The lowest BCUT2D eigenvalue weighted by molar-refractivity contribution is -0.142. The van der Waals surface area contributed by atoms with Crippen LogP contribution in [-0.4, -0.2) is 53.2 Å². The molecule has 1 fully saturated rings. The number of ether oxygens (including phenoxy) is 1. The molecule has 2 N–H and O–H groups in total. The Labute approximate surface area is 187 Å². The first-order chi connectivity index (χ1) is 15.3. The minimum atomic E-state index is -1.16. The fraction of sp³-hybridized carbons (Fsp3) is 0.400. The maximum absolute atomic E-state index is 13.1. The maximum atomic E-state index is 13.1. The number of alkyl carbamates (subject to hydrolysis) is 1. The van der Waals surface area contributed by atoms with E-state index in [1.807, 2.05) is 43.3 Å². The molecule has 2 atom stereocenters. The van der Waals surface area contributed by atoms with Gasteiger partial charge in [-0.1, -0.05) is 55.5 Å². The van der Waals surface area contributed by atoms with Crippen molar-refractivity contribution in [2.24, 2.45) is 5.92 Å². The predicted octanol–water partition coefficient (Wildman–Crippen LogP) is 3.63. The maximum Gasteiger partial charge on any atom is 0.408 e. The number of carboxylic acids is 1. The minimum absolute atomic E-state index is 0.0633. The van der Waals surface area contributed by atoms with Gasteiger partial charge in [-0.3, -0.25) is 9.59 Å². The van der Waals surface area contributed by atoms with Gasteiger partial charge in [0, 0.05) is 19.0 Å². The lowest BCUT2D eigenvalue weighted by Gasteiger charge is -2.32. The Morgan fingerprint density at radius 1 is 1.09 bits per heavy atom. The standard InChI is InChI=1S/C25H28N2O5/c1-3-25(2,23(30)27-13-12-16(14-27)22(28)29)26-24(31)32-15-21-19-10-6-4-8-17(19)18-9-5-7-11-20(18)21/h4-11,16,21H,3,12-15H2,1-2H3,(H,26,31)(H,28,29). The van der Waals surface area contributed by atoms with Crippen molar-refractivity contribution in [3.63, 3.8) is 0 Å². The molecule has 0 aromatic heterocycles. The molecule has 2 unspecified atom stereocenters. The molecule has 1 aliphatic carbocycles. The van der Waals surface area contributed by atoms with Crippen LogP contribution in [0.25, 0.3) is 11.1 Å². The number of hydrogen-bond acceptors (Lipinski definition) is 4. The second-order valence-electron chi connectivity index (χ2n) is 8.71. The third kappa shape index (κ3) is 3.95. The van der Waals surface area contributed by atoms with E-state index >= 15 is 0 Å². The molecule has 1 heterocycles. The zero-order chi connectivity index (χ0) is 22.9. The molecule has 32 heavy (non-hydrogen) atoms. The summed E-state index contributed by atoms with van der Waals surface area (Å²) in [6, 6.07) is 16.2. The quantitative estimate of drug-likeness (QED) is 0.721. The molecule has 4 rings (SSSR count). The fourth-order valence-corrected chi connectivity index (χ4v) is 4.65. The van der Waals surface area contributed by atoms with Crippen molar-refractivity contribution >= 4 is 18.0 Å². The molecule has 2 aliphatic rings. The summed E-state index contributed by atoms with van der Waals surface area (Å²) in [6.45, 7) is 4.17. The zero-order valence-electron chi connectivity index (χ0n) is 18.3. The lowest BCUT2D eigenvalue weighted by atomic mass is 9.97. The highest BCUT2D eigenvalue weighted by Crippen LogP contribution is 2.44. The molecule has 0 bridgehead atoms. The number of aliphatic carboxylic acids is 1. The van der Waals surface area contributed by atoms with Gasteiger partial charge in [-0.15, -0.1) is 0 Å². The molecule has 0 radical (unpaired) electrons. The number of carboxylic acid groups (broad SMARTS) is 1. The van der Waals surface area contributed by atoms with Crippen molar-refractivity contribution in [2.45, 2.75) is 38.1 Å². The van der Waals surface area contributed by atoms with Crippen LogP contribution in [0.2, 0.25) is 0 Å². The average Bonchev–Trinajstić information content (AvgIpc) is 3.41. The molecule has 1 aliphatic heterocycles. The first-order valence-electron chi connectivity index (χ1n) is 11.0. The number of benzene rings is 2. The highest BCUT2D eigenvalue weighted by atomic mass is 16.5. The van der Waals surface area contributed by atoms with Crippen LogP contribution in [0.1, 0.15) is 43.7 Å². The monoisotopic (exact) mass is 436 g/mol. The van der Waals surface area contributed by atoms with Crippen LogP contribution < -0.4 is 5.32 Å². The van der Waals surface area contributed by atoms with E-state index in [1.165, 1.54) is 4.90 Å². The normalized spacial score (nSPS) is 19.1. The van der Waals surface area contributed by atoms with Crippen molar-refractivity contribution in [3.8, 4) is 11.1 Å². The number of hydrogen-bond donors (Lipinski definition) is 2. The van der Waals surface area contributed by atoms with Crippen LogP contribution in [-0.2, 0) is 14.3 Å². The summed E-state index contributed by atoms with van der Waals surface area (Å²) < 4.78 is 5.59. The van der Waals surface area contributed by atoms with Crippen LogP contribution >= 0.6 is 0 Å². The Balaban J connectivity index is 1.42. The second kappa shape index (κ2) is 8.65. The molecule has 2 aromatic carbocycles. The third-order valence-corrected chi connectivity index (χ3v) is 6.73. The van der Waals surface area contributed by atoms with E-state index in [-0.39, 0.29) is 25.0 Å². The van der Waals surface area contributed by atoms with Gasteiger partial charge in [-0.2, -0.15) is 0 Å². The molecule has 1 saturated heterocycles. The highest BCUT2D eigenvalue weighted by Gasteiger charge is 2.41. The summed E-state index contributed by atoms with van der Waals surface area (Å²) in [6.07, 6.45) is 0.134. The van der Waals surface area contributed by atoms with Crippen LogP contribution in [0, 0.1) is 5.92 Å². The third-order valence-electron chi connectivity index (χ3n) is 6.73. The molecule has 0 saturated carbocycles. The van der Waals surface area contributed by atoms with Crippen molar-refractivity contribution in [3.05, 3.63) is 59.7 Å². The summed E-state index contributed by atoms with van der Waals surface area (Å²) in [4.78, 5) is 38.5. The van der Waals surface area contributed by atoms with E-state index in [0.717, 1.165) is 22.3 Å². The number of likely N-dealkylation sites (tertiary alicyclic amines) is 1. The Bertz CT molecular complexity index is 1010. The molecular weight excluding hydrogens is 408 g/mol. The van der Waals surface area contributed by atoms with Gasteiger partial charge in [0.2, 0.25) is 5.91 Å². The van der Waals surface area contributed by atoms with Crippen molar-refractivity contribution in [1.29, 1.82) is 0 Å². The molecule has 168 valence electrons. The summed E-state index contributed by atoms with van der Waals surface area (Å²) in [5.41, 5.74) is 3.37. The Morgan fingerprint density at radius 3 is 2.22 bits per heavy atom. The molecule has 7 heteroatoms. The number of rotatable bonds is 6. The molecular formula is C25H28N2O5. The first-order valence-corrected chi connectivity index (χ1v) is 11.0. The van der Waals surface area contributed by atoms with Gasteiger partial charge in [0.15, 0.2) is 0 Å². The first kappa shape index (κ1) is 21.9. The number of carbonyl (C=O) groups excluding carboxylic acids is 2. The van der Waals surface area contributed by atoms with E-state index in [1.54, 1.807) is 6.92 Å². The predicted molar refractivity (Wildman–Crippen MR) is 119 cm³/mol. The summed E-state index contributed by atoms with van der Waals surface area (Å²) in [7, 11) is 0. The molecule has 2 amide bonds. The Hall–Kier alpha value is -3.35. The van der Waals surface area contributed by atoms with Gasteiger partial charge < -0.3 is 20.1 Å². The molecule has 7 nitrogen and oxygen atoms in total. The van der Waals surface area contributed by atoms with E-state index < -0.39 is 23.5 Å². The van der Waals surface area contributed by atoms with Gasteiger partial charge in [-0.05, 0) is 42.0 Å². The second-order valence-corrected chi connectivity index (χ2v) is 8.71. The summed E-state index contributed by atoms with van der Waals surface area (Å²) >= 11 is 0. The van der Waals surface area contributed by atoms with Gasteiger partial charge in [-0.25, -0.2) is 4.79 Å². The average molecular weight is 437 g/mol.